The van der Waals surface area contributed by atoms with Crippen molar-refractivity contribution >= 4 is 16.6 Å². The molecular formula is C14H13N5O. The highest BCUT2D eigenvalue weighted by Crippen LogP contribution is 2.30. The molecule has 0 saturated heterocycles. The molecule has 0 bridgehead atoms. The molecule has 0 amide bonds. The van der Waals surface area contributed by atoms with Crippen LogP contribution in [0.5, 0.6) is 11.8 Å². The normalized spacial score (nSPS) is 10.7. The second-order valence-electron chi connectivity index (χ2n) is 4.37. The zero-order valence-electron chi connectivity index (χ0n) is 10.9. The lowest BCUT2D eigenvalue weighted by Gasteiger charge is -2.09. The minimum Gasteiger partial charge on any atom is -0.423 e. The molecule has 3 aromatic rings. The van der Waals surface area contributed by atoms with Crippen LogP contribution in [0.2, 0.25) is 0 Å². The molecule has 6 nitrogen and oxygen atoms in total. The van der Waals surface area contributed by atoms with Crippen LogP contribution in [0.4, 0.5) is 0 Å². The molecule has 0 unspecified atom stereocenters. The van der Waals surface area contributed by atoms with Crippen LogP contribution in [-0.2, 0) is 7.05 Å². The van der Waals surface area contributed by atoms with Gasteiger partial charge in [0, 0.05) is 18.0 Å². The van der Waals surface area contributed by atoms with Gasteiger partial charge in [0.1, 0.15) is 17.9 Å². The number of hydrogen-bond acceptors (Lipinski definition) is 4. The Bertz CT molecular complexity index is 793. The number of nitrogens with two attached hydrogens (primary N) is 1. The lowest BCUT2D eigenvalue weighted by molar-refractivity contribution is 0.443. The van der Waals surface area contributed by atoms with Gasteiger partial charge in [0.2, 0.25) is 0 Å². The first-order valence-electron chi connectivity index (χ1n) is 6.05. The second kappa shape index (κ2) is 4.65. The van der Waals surface area contributed by atoms with Crippen LogP contribution in [0.3, 0.4) is 0 Å². The fourth-order valence-electron chi connectivity index (χ4n) is 2.06. The summed E-state index contributed by atoms with van der Waals surface area (Å²) in [7, 11) is 1.77. The van der Waals surface area contributed by atoms with Gasteiger partial charge in [-0.2, -0.15) is 4.98 Å². The van der Waals surface area contributed by atoms with Crippen molar-refractivity contribution < 1.29 is 4.74 Å². The minimum atomic E-state index is 0.0312. The van der Waals surface area contributed by atoms with Crippen molar-refractivity contribution in [3.05, 3.63) is 48.3 Å². The molecule has 0 saturated carbocycles. The van der Waals surface area contributed by atoms with Crippen molar-refractivity contribution in [2.24, 2.45) is 12.8 Å². The predicted molar refractivity (Wildman–Crippen MR) is 76.0 cm³/mol. The molecule has 0 atom stereocenters. The molecule has 2 aromatic carbocycles. The molecule has 20 heavy (non-hydrogen) atoms. The Labute approximate surface area is 115 Å². The standard InChI is InChI=1S/C14H13N5O/c1-19-8-17-14(18-19)20-12-7-6-11(13(15)16)9-4-2-3-5-10(9)12/h2-8H,1H3,(H3,15,16). The fourth-order valence-corrected chi connectivity index (χ4v) is 2.06. The van der Waals surface area contributed by atoms with Crippen LogP contribution in [0.25, 0.3) is 10.8 Å². The quantitative estimate of drug-likeness (QED) is 0.561. The lowest BCUT2D eigenvalue weighted by Crippen LogP contribution is -2.11. The number of aryl methyl sites for hydroxylation is 1. The zero-order valence-corrected chi connectivity index (χ0v) is 10.9. The van der Waals surface area contributed by atoms with E-state index in [9.17, 15) is 0 Å². The second-order valence-corrected chi connectivity index (χ2v) is 4.37. The Hall–Kier alpha value is -2.89. The van der Waals surface area contributed by atoms with E-state index in [0.717, 1.165) is 10.8 Å². The van der Waals surface area contributed by atoms with E-state index in [1.807, 2.05) is 24.3 Å². The summed E-state index contributed by atoms with van der Waals surface area (Å²) in [5.41, 5.74) is 6.28. The van der Waals surface area contributed by atoms with E-state index in [-0.39, 0.29) is 11.8 Å². The number of nitrogens with zero attached hydrogens (tertiary/aromatic N) is 3. The van der Waals surface area contributed by atoms with Crippen molar-refractivity contribution in [3.63, 3.8) is 0 Å². The highest BCUT2D eigenvalue weighted by atomic mass is 16.5. The van der Waals surface area contributed by atoms with Gasteiger partial charge >= 0.3 is 6.01 Å². The van der Waals surface area contributed by atoms with Crippen LogP contribution in [0.15, 0.2) is 42.7 Å². The molecule has 1 aromatic heterocycles. The van der Waals surface area contributed by atoms with E-state index in [1.54, 1.807) is 30.2 Å². The maximum atomic E-state index is 7.62. The summed E-state index contributed by atoms with van der Waals surface area (Å²) in [6.07, 6.45) is 1.57. The number of rotatable bonds is 3. The Kier molecular flexibility index (Phi) is 2.83. The van der Waals surface area contributed by atoms with E-state index in [4.69, 9.17) is 15.9 Å². The molecular weight excluding hydrogens is 254 g/mol. The summed E-state index contributed by atoms with van der Waals surface area (Å²) in [4.78, 5) is 4.04. The third kappa shape index (κ3) is 2.07. The van der Waals surface area contributed by atoms with Gasteiger partial charge in [0.05, 0.1) is 0 Å². The summed E-state index contributed by atoms with van der Waals surface area (Å²) < 4.78 is 7.26. The van der Waals surface area contributed by atoms with Crippen LogP contribution in [-0.4, -0.2) is 20.6 Å². The average Bonchev–Trinajstić information content (AvgIpc) is 2.84. The molecule has 0 spiro atoms. The summed E-state index contributed by atoms with van der Waals surface area (Å²) in [5, 5.41) is 13.4. The summed E-state index contributed by atoms with van der Waals surface area (Å²) >= 11 is 0. The minimum absolute atomic E-state index is 0.0312. The van der Waals surface area contributed by atoms with Crippen molar-refractivity contribution in [1.29, 1.82) is 5.41 Å². The molecule has 3 N–H and O–H groups in total. The van der Waals surface area contributed by atoms with E-state index < -0.39 is 0 Å². The van der Waals surface area contributed by atoms with Crippen LogP contribution in [0.1, 0.15) is 5.56 Å². The lowest BCUT2D eigenvalue weighted by atomic mass is 10.0. The first-order valence-corrected chi connectivity index (χ1v) is 6.05. The maximum absolute atomic E-state index is 7.62. The van der Waals surface area contributed by atoms with Gasteiger partial charge in [-0.1, -0.05) is 24.3 Å². The molecule has 0 aliphatic rings. The van der Waals surface area contributed by atoms with Crippen LogP contribution in [0, 0.1) is 5.41 Å². The van der Waals surface area contributed by atoms with Gasteiger partial charge in [-0.05, 0) is 17.5 Å². The van der Waals surface area contributed by atoms with Crippen LogP contribution >= 0.6 is 0 Å². The van der Waals surface area contributed by atoms with Crippen molar-refractivity contribution in [2.75, 3.05) is 0 Å². The SMILES string of the molecule is Cn1cnc(Oc2ccc(C(=N)N)c3ccccc23)n1. The van der Waals surface area contributed by atoms with Gasteiger partial charge in [-0.25, -0.2) is 0 Å². The Morgan fingerprint density at radius 1 is 1.20 bits per heavy atom. The van der Waals surface area contributed by atoms with Gasteiger partial charge in [-0.3, -0.25) is 10.1 Å². The first-order chi connectivity index (χ1) is 9.65. The van der Waals surface area contributed by atoms with Gasteiger partial charge in [0.15, 0.2) is 0 Å². The van der Waals surface area contributed by atoms with Gasteiger partial charge in [0.25, 0.3) is 0 Å². The summed E-state index contributed by atoms with van der Waals surface area (Å²) in [5.74, 6) is 0.667. The van der Waals surface area contributed by atoms with E-state index in [0.29, 0.717) is 11.3 Å². The van der Waals surface area contributed by atoms with Crippen molar-refractivity contribution in [2.45, 2.75) is 0 Å². The largest absolute Gasteiger partial charge is 0.423 e. The number of nitrogens with one attached hydrogen (secondary N) is 1. The Balaban J connectivity index is 2.12. The number of hydrogen-bond donors (Lipinski definition) is 2. The predicted octanol–water partition coefficient (Wildman–Crippen LogP) is 2.04. The number of amidine groups is 1. The van der Waals surface area contributed by atoms with E-state index >= 15 is 0 Å². The van der Waals surface area contributed by atoms with Crippen molar-refractivity contribution in [3.8, 4) is 11.8 Å². The summed E-state index contributed by atoms with van der Waals surface area (Å²) in [6, 6.07) is 11.5. The highest BCUT2D eigenvalue weighted by molar-refractivity contribution is 6.09. The number of aromatic nitrogens is 3. The fraction of sp³-hybridized carbons (Fsp3) is 0.0714. The Morgan fingerprint density at radius 2 is 1.95 bits per heavy atom. The molecule has 0 radical (unpaired) electrons. The average molecular weight is 267 g/mol. The highest BCUT2D eigenvalue weighted by Gasteiger charge is 2.10. The van der Waals surface area contributed by atoms with E-state index in [1.165, 1.54) is 0 Å². The molecule has 0 fully saturated rings. The number of fused-ring (bicyclic) bond motifs is 1. The maximum Gasteiger partial charge on any atom is 0.340 e. The molecule has 0 aliphatic carbocycles. The third-order valence-electron chi connectivity index (χ3n) is 2.95. The monoisotopic (exact) mass is 267 g/mol. The number of nitrogen functional groups attached to an aromatic ring is 1. The molecule has 3 rings (SSSR count). The number of benzene rings is 2. The van der Waals surface area contributed by atoms with E-state index in [2.05, 4.69) is 10.1 Å². The van der Waals surface area contributed by atoms with Crippen molar-refractivity contribution in [1.82, 2.24) is 14.8 Å². The Morgan fingerprint density at radius 3 is 2.60 bits per heavy atom. The first kappa shape index (κ1) is 12.2. The smallest absolute Gasteiger partial charge is 0.340 e. The number of ether oxygens (including phenoxy) is 1. The molecule has 6 heteroatoms. The van der Waals surface area contributed by atoms with Gasteiger partial charge in [-0.15, -0.1) is 5.10 Å². The third-order valence-corrected chi connectivity index (χ3v) is 2.95. The summed E-state index contributed by atoms with van der Waals surface area (Å²) in [6.45, 7) is 0. The van der Waals surface area contributed by atoms with Gasteiger partial charge < -0.3 is 10.5 Å². The zero-order chi connectivity index (χ0) is 14.1. The molecule has 0 aliphatic heterocycles. The van der Waals surface area contributed by atoms with Crippen LogP contribution < -0.4 is 10.5 Å². The topological polar surface area (TPSA) is 89.8 Å². The molecule has 100 valence electrons. The molecule has 1 heterocycles.